The van der Waals surface area contributed by atoms with Crippen LogP contribution < -0.4 is 11.3 Å². The van der Waals surface area contributed by atoms with Crippen molar-refractivity contribution in [3.8, 4) is 0 Å². The van der Waals surface area contributed by atoms with Crippen LogP contribution in [0.2, 0.25) is 5.02 Å². The topological polar surface area (TPSA) is 47.3 Å². The number of halogens is 1. The van der Waals surface area contributed by atoms with E-state index in [0.717, 1.165) is 9.90 Å². The van der Waals surface area contributed by atoms with Gasteiger partial charge in [0.25, 0.3) is 0 Å². The molecule has 0 aliphatic rings. The summed E-state index contributed by atoms with van der Waals surface area (Å²) in [5, 5.41) is 2.69. The first-order chi connectivity index (χ1) is 7.11. The van der Waals surface area contributed by atoms with Crippen LogP contribution in [0.3, 0.4) is 0 Å². The van der Waals surface area contributed by atoms with E-state index < -0.39 is 0 Å². The lowest BCUT2D eigenvalue weighted by atomic mass is 9.99. The lowest BCUT2D eigenvalue weighted by Gasteiger charge is -2.27. The highest BCUT2D eigenvalue weighted by atomic mass is 35.5. The zero-order chi connectivity index (χ0) is 11.4. The molecule has 86 valence electrons. The molecular weight excluding hydrogens is 232 g/mol. The Morgan fingerprint density at radius 2 is 2.20 bits per heavy atom. The number of hydrogen-bond donors (Lipinski definition) is 2. The standard InChI is InChI=1S/C10H17ClN2OS/c1-6(2)9(14-3)8(13-12)10-7(11)4-5-15-10/h4-6,8-9,13H,12H2,1-3H3. The highest BCUT2D eigenvalue weighted by Crippen LogP contribution is 2.33. The normalized spacial score (nSPS) is 15.6. The highest BCUT2D eigenvalue weighted by Gasteiger charge is 2.27. The summed E-state index contributed by atoms with van der Waals surface area (Å²) in [6.07, 6.45) is 0.0196. The number of rotatable bonds is 5. The van der Waals surface area contributed by atoms with Crippen molar-refractivity contribution in [2.75, 3.05) is 7.11 Å². The Morgan fingerprint density at radius 1 is 1.53 bits per heavy atom. The van der Waals surface area contributed by atoms with E-state index in [1.165, 1.54) is 0 Å². The van der Waals surface area contributed by atoms with E-state index in [1.54, 1.807) is 18.4 Å². The lowest BCUT2D eigenvalue weighted by Crippen LogP contribution is -2.39. The Morgan fingerprint density at radius 3 is 2.53 bits per heavy atom. The van der Waals surface area contributed by atoms with Crippen molar-refractivity contribution in [2.24, 2.45) is 11.8 Å². The van der Waals surface area contributed by atoms with Crippen molar-refractivity contribution in [2.45, 2.75) is 26.0 Å². The fourth-order valence-corrected chi connectivity index (χ4v) is 2.91. The molecule has 3 N–H and O–H groups in total. The van der Waals surface area contributed by atoms with E-state index >= 15 is 0 Å². The molecule has 1 aromatic heterocycles. The Kier molecular flexibility index (Phi) is 5.02. The molecule has 1 rings (SSSR count). The van der Waals surface area contributed by atoms with Crippen molar-refractivity contribution in [3.63, 3.8) is 0 Å². The van der Waals surface area contributed by atoms with Crippen LogP contribution in [-0.2, 0) is 4.74 Å². The van der Waals surface area contributed by atoms with E-state index in [-0.39, 0.29) is 12.1 Å². The minimum Gasteiger partial charge on any atom is -0.379 e. The number of hydrazine groups is 1. The fraction of sp³-hybridized carbons (Fsp3) is 0.600. The van der Waals surface area contributed by atoms with Gasteiger partial charge in [-0.3, -0.25) is 5.84 Å². The summed E-state index contributed by atoms with van der Waals surface area (Å²) in [5.41, 5.74) is 2.78. The third-order valence-corrected chi connectivity index (χ3v) is 3.81. The van der Waals surface area contributed by atoms with Gasteiger partial charge in [0.15, 0.2) is 0 Å². The molecule has 0 saturated heterocycles. The van der Waals surface area contributed by atoms with E-state index in [4.69, 9.17) is 22.2 Å². The molecule has 0 bridgehead atoms. The maximum absolute atomic E-state index is 6.08. The van der Waals surface area contributed by atoms with Crippen molar-refractivity contribution in [1.82, 2.24) is 5.43 Å². The molecule has 0 aliphatic heterocycles. The van der Waals surface area contributed by atoms with Gasteiger partial charge in [0, 0.05) is 12.0 Å². The van der Waals surface area contributed by atoms with Crippen LogP contribution in [0.1, 0.15) is 24.8 Å². The molecule has 1 aromatic rings. The molecule has 0 spiro atoms. The number of nitrogens with one attached hydrogen (secondary N) is 1. The van der Waals surface area contributed by atoms with Gasteiger partial charge in [-0.15, -0.1) is 11.3 Å². The second-order valence-electron chi connectivity index (χ2n) is 3.72. The zero-order valence-corrected chi connectivity index (χ0v) is 10.7. The molecule has 3 nitrogen and oxygen atoms in total. The molecule has 0 saturated carbocycles. The van der Waals surface area contributed by atoms with Crippen molar-refractivity contribution < 1.29 is 4.74 Å². The van der Waals surface area contributed by atoms with Crippen LogP contribution in [0.5, 0.6) is 0 Å². The van der Waals surface area contributed by atoms with Gasteiger partial charge >= 0.3 is 0 Å². The fourth-order valence-electron chi connectivity index (χ4n) is 1.64. The van der Waals surface area contributed by atoms with Gasteiger partial charge in [0.1, 0.15) is 0 Å². The Labute approximate surface area is 99.5 Å². The third kappa shape index (κ3) is 2.92. The minimum absolute atomic E-state index is 0.0196. The van der Waals surface area contributed by atoms with Gasteiger partial charge in [0.2, 0.25) is 0 Å². The lowest BCUT2D eigenvalue weighted by molar-refractivity contribution is 0.0336. The van der Waals surface area contributed by atoms with Gasteiger partial charge in [-0.05, 0) is 17.4 Å². The summed E-state index contributed by atoms with van der Waals surface area (Å²) < 4.78 is 5.45. The summed E-state index contributed by atoms with van der Waals surface area (Å²) in [5.74, 6) is 5.93. The van der Waals surface area contributed by atoms with Crippen molar-refractivity contribution in [3.05, 3.63) is 21.3 Å². The van der Waals surface area contributed by atoms with Gasteiger partial charge in [-0.1, -0.05) is 25.4 Å². The molecule has 0 aliphatic carbocycles. The van der Waals surface area contributed by atoms with Crippen molar-refractivity contribution in [1.29, 1.82) is 0 Å². The monoisotopic (exact) mass is 248 g/mol. The summed E-state index contributed by atoms with van der Waals surface area (Å²) in [4.78, 5) is 1.03. The van der Waals surface area contributed by atoms with Crippen LogP contribution in [0.15, 0.2) is 11.4 Å². The summed E-state index contributed by atoms with van der Waals surface area (Å²) in [6.45, 7) is 4.19. The number of hydrogen-bond acceptors (Lipinski definition) is 4. The zero-order valence-electron chi connectivity index (χ0n) is 9.16. The van der Waals surface area contributed by atoms with Gasteiger partial charge < -0.3 is 4.74 Å². The SMILES string of the molecule is COC(C(C)C)C(NN)c1sccc1Cl. The van der Waals surface area contributed by atoms with Crippen LogP contribution in [-0.4, -0.2) is 13.2 Å². The van der Waals surface area contributed by atoms with E-state index in [9.17, 15) is 0 Å². The average molecular weight is 249 g/mol. The Bertz CT molecular complexity index is 303. The van der Waals surface area contributed by atoms with Gasteiger partial charge in [0.05, 0.1) is 17.2 Å². The second kappa shape index (κ2) is 5.82. The number of nitrogens with two attached hydrogens (primary N) is 1. The molecule has 2 atom stereocenters. The van der Waals surface area contributed by atoms with Crippen LogP contribution in [0, 0.1) is 5.92 Å². The molecule has 5 heteroatoms. The van der Waals surface area contributed by atoms with Gasteiger partial charge in [-0.2, -0.15) is 0 Å². The molecule has 0 aromatic carbocycles. The summed E-state index contributed by atoms with van der Waals surface area (Å²) >= 11 is 7.67. The smallest absolute Gasteiger partial charge is 0.0832 e. The van der Waals surface area contributed by atoms with Gasteiger partial charge in [-0.25, -0.2) is 5.43 Å². The maximum atomic E-state index is 6.08. The molecule has 0 fully saturated rings. The Balaban J connectivity index is 2.92. The van der Waals surface area contributed by atoms with Crippen LogP contribution in [0.25, 0.3) is 0 Å². The number of ether oxygens (including phenoxy) is 1. The predicted molar refractivity (Wildman–Crippen MR) is 65.0 cm³/mol. The Hall–Kier alpha value is -0.130. The summed E-state index contributed by atoms with van der Waals surface area (Å²) in [6, 6.07) is 1.82. The minimum atomic E-state index is -0.0532. The molecule has 1 heterocycles. The largest absolute Gasteiger partial charge is 0.379 e. The van der Waals surface area contributed by atoms with E-state index in [2.05, 4.69) is 19.3 Å². The molecule has 0 amide bonds. The van der Waals surface area contributed by atoms with E-state index in [1.807, 2.05) is 11.4 Å². The molecule has 15 heavy (non-hydrogen) atoms. The first-order valence-corrected chi connectivity index (χ1v) is 6.09. The van der Waals surface area contributed by atoms with E-state index in [0.29, 0.717) is 5.92 Å². The van der Waals surface area contributed by atoms with Crippen LogP contribution in [0.4, 0.5) is 0 Å². The average Bonchev–Trinajstić information content (AvgIpc) is 2.60. The predicted octanol–water partition coefficient (Wildman–Crippen LogP) is 2.58. The van der Waals surface area contributed by atoms with Crippen LogP contribution >= 0.6 is 22.9 Å². The quantitative estimate of drug-likeness (QED) is 0.622. The summed E-state index contributed by atoms with van der Waals surface area (Å²) in [7, 11) is 1.69. The second-order valence-corrected chi connectivity index (χ2v) is 5.08. The number of methoxy groups -OCH3 is 1. The number of thiophene rings is 1. The third-order valence-electron chi connectivity index (χ3n) is 2.36. The highest BCUT2D eigenvalue weighted by molar-refractivity contribution is 7.10. The van der Waals surface area contributed by atoms with Crippen molar-refractivity contribution >= 4 is 22.9 Å². The maximum Gasteiger partial charge on any atom is 0.0832 e. The molecule has 0 radical (unpaired) electrons. The molecule has 2 unspecified atom stereocenters. The first-order valence-electron chi connectivity index (χ1n) is 4.83. The first kappa shape index (κ1) is 12.9. The molecular formula is C10H17ClN2OS.